The van der Waals surface area contributed by atoms with E-state index in [-0.39, 0.29) is 17.6 Å². The Morgan fingerprint density at radius 3 is 2.35 bits per heavy atom. The molecule has 1 N–H and O–H groups in total. The summed E-state index contributed by atoms with van der Waals surface area (Å²) in [6.07, 6.45) is 1.76. The lowest BCUT2D eigenvalue weighted by Gasteiger charge is -2.30. The van der Waals surface area contributed by atoms with Crippen LogP contribution in [0.3, 0.4) is 0 Å². The molecule has 0 bridgehead atoms. The van der Waals surface area contributed by atoms with Gasteiger partial charge >= 0.3 is 6.03 Å². The molecule has 1 aromatic carbocycles. The highest BCUT2D eigenvalue weighted by molar-refractivity contribution is 5.78. The molecule has 1 fully saturated rings. The van der Waals surface area contributed by atoms with Gasteiger partial charge in [-0.15, -0.1) is 0 Å². The zero-order chi connectivity index (χ0) is 16.4. The Morgan fingerprint density at radius 2 is 1.78 bits per heavy atom. The lowest BCUT2D eigenvalue weighted by molar-refractivity contribution is 0.187. The smallest absolute Gasteiger partial charge is 0.318 e. The zero-order valence-electron chi connectivity index (χ0n) is 13.5. The molecule has 1 aliphatic rings. The molecule has 4 heteroatoms. The molecule has 1 atom stereocenters. The normalized spacial score (nSPS) is 19.0. The molecule has 23 heavy (non-hydrogen) atoms. The Balaban J connectivity index is 1.81. The largest absolute Gasteiger partial charge is 0.327 e. The van der Waals surface area contributed by atoms with E-state index in [4.69, 9.17) is 0 Å². The van der Waals surface area contributed by atoms with E-state index in [1.54, 1.807) is 18.1 Å². The first kappa shape index (κ1) is 15.1. The van der Waals surface area contributed by atoms with Gasteiger partial charge in [0.15, 0.2) is 0 Å². The average molecular weight is 305 g/mol. The van der Waals surface area contributed by atoms with Crippen molar-refractivity contribution in [3.63, 3.8) is 0 Å². The fraction of sp³-hybridized carbons (Fsp3) is 0.263. The number of urea groups is 1. The number of nitrogens with zero attached hydrogens (tertiary/aromatic N) is 2. The second-order valence-corrected chi connectivity index (χ2v) is 6.18. The van der Waals surface area contributed by atoms with Crippen LogP contribution in [0.15, 0.2) is 48.7 Å². The van der Waals surface area contributed by atoms with Crippen molar-refractivity contribution in [1.29, 1.82) is 0 Å². The van der Waals surface area contributed by atoms with E-state index in [0.29, 0.717) is 0 Å². The van der Waals surface area contributed by atoms with Crippen molar-refractivity contribution >= 4 is 6.03 Å². The van der Waals surface area contributed by atoms with Gasteiger partial charge in [-0.2, -0.15) is 0 Å². The maximum atomic E-state index is 11.9. The van der Waals surface area contributed by atoms with Crippen LogP contribution in [-0.2, 0) is 0 Å². The standard InChI is InChI=1S/C19H19N3O/c1-19(2)17(21-18(23)22(19)3)16-12-11-15(13-20-16)10-9-14-7-5-4-6-8-14/h4-8,11-13,17H,1-3H3,(H,21,23). The minimum Gasteiger partial charge on any atom is -0.327 e. The van der Waals surface area contributed by atoms with Crippen molar-refractivity contribution in [1.82, 2.24) is 15.2 Å². The Labute approximate surface area is 136 Å². The first-order chi connectivity index (χ1) is 11.0. The highest BCUT2D eigenvalue weighted by atomic mass is 16.2. The SMILES string of the molecule is CN1C(=O)NC(c2ccc(C#Cc3ccccc3)cn2)C1(C)C. The average Bonchev–Trinajstić information content (AvgIpc) is 2.77. The third-order valence-electron chi connectivity index (χ3n) is 4.35. The Kier molecular flexibility index (Phi) is 3.79. The number of amides is 2. The summed E-state index contributed by atoms with van der Waals surface area (Å²) >= 11 is 0. The van der Waals surface area contributed by atoms with Gasteiger partial charge in [0, 0.05) is 24.4 Å². The maximum Gasteiger partial charge on any atom is 0.318 e. The second-order valence-electron chi connectivity index (χ2n) is 6.18. The van der Waals surface area contributed by atoms with Crippen molar-refractivity contribution < 1.29 is 4.79 Å². The van der Waals surface area contributed by atoms with Gasteiger partial charge in [0.25, 0.3) is 0 Å². The van der Waals surface area contributed by atoms with E-state index in [1.165, 1.54) is 0 Å². The van der Waals surface area contributed by atoms with Crippen LogP contribution in [0, 0.1) is 11.8 Å². The van der Waals surface area contributed by atoms with Gasteiger partial charge in [-0.1, -0.05) is 30.0 Å². The van der Waals surface area contributed by atoms with Gasteiger partial charge in [-0.3, -0.25) is 4.98 Å². The van der Waals surface area contributed by atoms with Crippen LogP contribution in [0.25, 0.3) is 0 Å². The van der Waals surface area contributed by atoms with Gasteiger partial charge in [0.2, 0.25) is 0 Å². The number of benzene rings is 1. The van der Waals surface area contributed by atoms with Gasteiger partial charge in [-0.25, -0.2) is 4.79 Å². The summed E-state index contributed by atoms with van der Waals surface area (Å²) in [6, 6.07) is 13.5. The highest BCUT2D eigenvalue weighted by Crippen LogP contribution is 2.34. The van der Waals surface area contributed by atoms with Crippen molar-refractivity contribution in [2.45, 2.75) is 25.4 Å². The lowest BCUT2D eigenvalue weighted by atomic mass is 9.92. The third-order valence-corrected chi connectivity index (χ3v) is 4.35. The van der Waals surface area contributed by atoms with Crippen LogP contribution < -0.4 is 5.32 Å². The first-order valence-electron chi connectivity index (χ1n) is 7.56. The van der Waals surface area contributed by atoms with E-state index in [9.17, 15) is 4.79 Å². The van der Waals surface area contributed by atoms with E-state index in [0.717, 1.165) is 16.8 Å². The summed E-state index contributed by atoms with van der Waals surface area (Å²) in [5.74, 6) is 6.22. The van der Waals surface area contributed by atoms with E-state index >= 15 is 0 Å². The zero-order valence-corrected chi connectivity index (χ0v) is 13.5. The predicted octanol–water partition coefficient (Wildman–Crippen LogP) is 2.96. The summed E-state index contributed by atoms with van der Waals surface area (Å²) in [5.41, 5.74) is 2.36. The molecule has 1 aromatic heterocycles. The molecule has 0 radical (unpaired) electrons. The second kappa shape index (κ2) is 5.77. The molecular formula is C19H19N3O. The molecule has 0 saturated carbocycles. The number of pyridine rings is 1. The number of carbonyl (C=O) groups is 1. The molecule has 0 spiro atoms. The molecule has 3 rings (SSSR count). The number of likely N-dealkylation sites (N-methyl/N-ethyl adjacent to an activating group) is 1. The molecule has 0 aliphatic carbocycles. The fourth-order valence-electron chi connectivity index (χ4n) is 2.60. The molecule has 2 aromatic rings. The lowest BCUT2D eigenvalue weighted by Crippen LogP contribution is -2.40. The van der Waals surface area contributed by atoms with Crippen LogP contribution in [0.5, 0.6) is 0 Å². The minimum atomic E-state index is -0.318. The van der Waals surface area contributed by atoms with Crippen LogP contribution in [-0.4, -0.2) is 28.5 Å². The summed E-state index contributed by atoms with van der Waals surface area (Å²) in [7, 11) is 1.80. The van der Waals surface area contributed by atoms with Crippen molar-refractivity contribution in [3.05, 3.63) is 65.5 Å². The molecule has 1 aliphatic heterocycles. The predicted molar refractivity (Wildman–Crippen MR) is 89.8 cm³/mol. The number of carbonyl (C=O) groups excluding carboxylic acids is 1. The summed E-state index contributed by atoms with van der Waals surface area (Å²) < 4.78 is 0. The number of nitrogens with one attached hydrogen (secondary N) is 1. The number of aromatic nitrogens is 1. The molecule has 4 nitrogen and oxygen atoms in total. The Morgan fingerprint density at radius 1 is 1.09 bits per heavy atom. The Bertz CT molecular complexity index is 770. The van der Waals surface area contributed by atoms with Crippen LogP contribution >= 0.6 is 0 Å². The first-order valence-corrected chi connectivity index (χ1v) is 7.56. The number of hydrogen-bond donors (Lipinski definition) is 1. The van der Waals surface area contributed by atoms with Crippen LogP contribution in [0.1, 0.15) is 36.7 Å². The van der Waals surface area contributed by atoms with Gasteiger partial charge < -0.3 is 10.2 Å². The topological polar surface area (TPSA) is 45.2 Å². The molecule has 1 unspecified atom stereocenters. The Hall–Kier alpha value is -2.80. The van der Waals surface area contributed by atoms with E-state index in [1.807, 2.05) is 56.3 Å². The highest BCUT2D eigenvalue weighted by Gasteiger charge is 2.45. The molecule has 116 valence electrons. The van der Waals surface area contributed by atoms with E-state index in [2.05, 4.69) is 22.1 Å². The molecule has 2 amide bonds. The van der Waals surface area contributed by atoms with Gasteiger partial charge in [-0.05, 0) is 38.1 Å². The number of hydrogen-bond acceptors (Lipinski definition) is 2. The van der Waals surface area contributed by atoms with Gasteiger partial charge in [0.05, 0.1) is 17.3 Å². The molecule has 1 saturated heterocycles. The summed E-state index contributed by atoms with van der Waals surface area (Å²) in [4.78, 5) is 18.1. The van der Waals surface area contributed by atoms with Crippen molar-refractivity contribution in [3.8, 4) is 11.8 Å². The van der Waals surface area contributed by atoms with Gasteiger partial charge in [0.1, 0.15) is 0 Å². The van der Waals surface area contributed by atoms with Crippen molar-refractivity contribution in [2.24, 2.45) is 0 Å². The fourth-order valence-corrected chi connectivity index (χ4v) is 2.60. The third kappa shape index (κ3) is 2.91. The molecule has 2 heterocycles. The summed E-state index contributed by atoms with van der Waals surface area (Å²) in [5, 5.41) is 2.98. The maximum absolute atomic E-state index is 11.9. The summed E-state index contributed by atoms with van der Waals surface area (Å²) in [6.45, 7) is 4.06. The van der Waals surface area contributed by atoms with Crippen LogP contribution in [0.2, 0.25) is 0 Å². The van der Waals surface area contributed by atoms with E-state index < -0.39 is 0 Å². The van der Waals surface area contributed by atoms with Crippen molar-refractivity contribution in [2.75, 3.05) is 7.05 Å². The van der Waals surface area contributed by atoms with Crippen LogP contribution in [0.4, 0.5) is 4.79 Å². The number of rotatable bonds is 1. The quantitative estimate of drug-likeness (QED) is 0.823. The molecular weight excluding hydrogens is 286 g/mol. The minimum absolute atomic E-state index is 0.0743. The monoisotopic (exact) mass is 305 g/mol.